The molecule has 20 heavy (non-hydrogen) atoms. The molecule has 1 unspecified atom stereocenters. The summed E-state index contributed by atoms with van der Waals surface area (Å²) in [5.74, 6) is -3.53. The Morgan fingerprint density at radius 2 is 1.80 bits per heavy atom. The largest absolute Gasteiger partial charge is 0.480 e. The lowest BCUT2D eigenvalue weighted by Crippen LogP contribution is -2.51. The van der Waals surface area contributed by atoms with E-state index in [1.165, 1.54) is 0 Å². The molecule has 0 saturated carbocycles. The van der Waals surface area contributed by atoms with Crippen LogP contribution in [0, 0.1) is 0 Å². The number of aliphatic carboxylic acids is 1. The molecule has 108 valence electrons. The summed E-state index contributed by atoms with van der Waals surface area (Å²) in [5, 5.41) is 9.11. The highest BCUT2D eigenvalue weighted by Gasteiger charge is 2.46. The monoisotopic (exact) mass is 287 g/mol. The Hall–Kier alpha value is -2.05. The number of amides is 1. The van der Waals surface area contributed by atoms with Crippen LogP contribution in [-0.4, -0.2) is 40.6 Å². The lowest BCUT2D eigenvalue weighted by atomic mass is 10.0. The lowest BCUT2D eigenvalue weighted by molar-refractivity contribution is -0.189. The van der Waals surface area contributed by atoms with Gasteiger partial charge >= 0.3 is 18.1 Å². The van der Waals surface area contributed by atoms with Gasteiger partial charge in [-0.2, -0.15) is 13.2 Å². The van der Waals surface area contributed by atoms with Crippen molar-refractivity contribution in [3.63, 3.8) is 0 Å². The van der Waals surface area contributed by atoms with Gasteiger partial charge in [-0.1, -0.05) is 24.3 Å². The molecule has 0 bridgehead atoms. The van der Waals surface area contributed by atoms with Crippen molar-refractivity contribution in [2.45, 2.75) is 25.1 Å². The third-order valence-corrected chi connectivity index (χ3v) is 3.32. The fraction of sp³-hybridized carbons (Fsp3) is 0.385. The summed E-state index contributed by atoms with van der Waals surface area (Å²) in [6, 6.07) is 5.34. The van der Waals surface area contributed by atoms with Crippen molar-refractivity contribution >= 4 is 11.9 Å². The minimum Gasteiger partial charge on any atom is -0.480 e. The molecule has 1 aromatic rings. The molecule has 2 rings (SSSR count). The number of fused-ring (bicyclic) bond motifs is 1. The quantitative estimate of drug-likeness (QED) is 0.854. The lowest BCUT2D eigenvalue weighted by Gasteiger charge is -2.27. The van der Waals surface area contributed by atoms with Crippen molar-refractivity contribution in [3.05, 3.63) is 35.4 Å². The number of hydrogen-bond donors (Lipinski definition) is 1. The molecule has 0 aromatic heterocycles. The summed E-state index contributed by atoms with van der Waals surface area (Å²) >= 11 is 0. The molecule has 1 aliphatic rings. The molecule has 0 fully saturated rings. The van der Waals surface area contributed by atoms with E-state index in [9.17, 15) is 22.8 Å². The Labute approximate surface area is 112 Å². The number of alkyl halides is 3. The van der Waals surface area contributed by atoms with Crippen LogP contribution in [0.25, 0.3) is 0 Å². The van der Waals surface area contributed by atoms with Gasteiger partial charge in [0.15, 0.2) is 0 Å². The normalized spacial score (nSPS) is 19.1. The van der Waals surface area contributed by atoms with Gasteiger partial charge in [-0.15, -0.1) is 0 Å². The van der Waals surface area contributed by atoms with Crippen LogP contribution in [0.4, 0.5) is 13.2 Å². The van der Waals surface area contributed by atoms with E-state index in [0.29, 0.717) is 10.5 Å². The first-order valence-corrected chi connectivity index (χ1v) is 5.98. The first-order chi connectivity index (χ1) is 9.30. The fourth-order valence-electron chi connectivity index (χ4n) is 2.34. The molecule has 1 N–H and O–H groups in total. The smallest absolute Gasteiger partial charge is 0.471 e. The van der Waals surface area contributed by atoms with Crippen molar-refractivity contribution in [3.8, 4) is 0 Å². The van der Waals surface area contributed by atoms with E-state index in [2.05, 4.69) is 0 Å². The first kappa shape index (κ1) is 14.4. The molecule has 7 heteroatoms. The number of rotatable bonds is 1. The maximum atomic E-state index is 12.5. The molecule has 0 spiro atoms. The number of carboxylic acid groups (broad SMARTS) is 1. The highest BCUT2D eigenvalue weighted by atomic mass is 19.4. The van der Waals surface area contributed by atoms with Crippen LogP contribution >= 0.6 is 0 Å². The molecule has 1 amide bonds. The van der Waals surface area contributed by atoms with E-state index in [1.807, 2.05) is 0 Å². The van der Waals surface area contributed by atoms with Crippen LogP contribution in [0.5, 0.6) is 0 Å². The summed E-state index contributed by atoms with van der Waals surface area (Å²) in [7, 11) is 0. The summed E-state index contributed by atoms with van der Waals surface area (Å²) < 4.78 is 37.6. The molecule has 1 heterocycles. The number of nitrogens with zero attached hydrogens (tertiary/aromatic N) is 1. The van der Waals surface area contributed by atoms with Gasteiger partial charge in [-0.25, -0.2) is 4.79 Å². The molecular formula is C13H12F3NO3. The Balaban J connectivity index is 2.35. The Bertz CT molecular complexity index is 542. The van der Waals surface area contributed by atoms with Crippen LogP contribution in [0.3, 0.4) is 0 Å². The summed E-state index contributed by atoms with van der Waals surface area (Å²) in [5.41, 5.74) is 1.44. The Kier molecular flexibility index (Phi) is 3.69. The van der Waals surface area contributed by atoms with Gasteiger partial charge in [0.05, 0.1) is 0 Å². The van der Waals surface area contributed by atoms with E-state index in [1.54, 1.807) is 24.3 Å². The van der Waals surface area contributed by atoms with Crippen molar-refractivity contribution in [1.29, 1.82) is 0 Å². The Morgan fingerprint density at radius 1 is 1.20 bits per heavy atom. The number of hydrogen-bond acceptors (Lipinski definition) is 2. The molecular weight excluding hydrogens is 275 g/mol. The zero-order valence-electron chi connectivity index (χ0n) is 10.4. The number of carbonyl (C=O) groups excluding carboxylic acids is 1. The van der Waals surface area contributed by atoms with E-state index in [-0.39, 0.29) is 19.4 Å². The number of carbonyl (C=O) groups is 2. The van der Waals surface area contributed by atoms with Crippen molar-refractivity contribution < 1.29 is 27.9 Å². The summed E-state index contributed by atoms with van der Waals surface area (Å²) in [6.07, 6.45) is -4.97. The zero-order chi connectivity index (χ0) is 14.9. The summed E-state index contributed by atoms with van der Waals surface area (Å²) in [6.45, 7) is -0.258. The predicted octanol–water partition coefficient (Wildman–Crippen LogP) is 1.63. The van der Waals surface area contributed by atoms with Crippen molar-refractivity contribution in [2.75, 3.05) is 6.54 Å². The van der Waals surface area contributed by atoms with Gasteiger partial charge in [0.2, 0.25) is 0 Å². The second-order valence-corrected chi connectivity index (χ2v) is 4.57. The molecule has 4 nitrogen and oxygen atoms in total. The maximum Gasteiger partial charge on any atom is 0.471 e. The van der Waals surface area contributed by atoms with E-state index >= 15 is 0 Å². The van der Waals surface area contributed by atoms with Gasteiger partial charge in [0.1, 0.15) is 6.04 Å². The van der Waals surface area contributed by atoms with E-state index in [4.69, 9.17) is 5.11 Å². The van der Waals surface area contributed by atoms with Crippen LogP contribution in [-0.2, 0) is 22.4 Å². The van der Waals surface area contributed by atoms with Crippen LogP contribution in [0.1, 0.15) is 11.1 Å². The third kappa shape index (κ3) is 2.76. The molecule has 1 atom stereocenters. The number of carboxylic acids is 1. The van der Waals surface area contributed by atoms with Crippen molar-refractivity contribution in [1.82, 2.24) is 4.90 Å². The number of halogens is 3. The standard InChI is InChI=1S/C13H12F3NO3/c14-13(15,16)12(20)17-6-5-8-3-1-2-4-9(8)7-10(17)11(18)19/h1-4,10H,5-7H2,(H,18,19). The third-order valence-electron chi connectivity index (χ3n) is 3.32. The van der Waals surface area contributed by atoms with Crippen LogP contribution in [0.2, 0.25) is 0 Å². The van der Waals surface area contributed by atoms with Crippen molar-refractivity contribution in [2.24, 2.45) is 0 Å². The molecule has 0 saturated heterocycles. The molecule has 0 aliphatic carbocycles. The average molecular weight is 287 g/mol. The molecule has 1 aromatic carbocycles. The highest BCUT2D eigenvalue weighted by molar-refractivity contribution is 5.87. The van der Waals surface area contributed by atoms with Crippen LogP contribution < -0.4 is 0 Å². The van der Waals surface area contributed by atoms with E-state index < -0.39 is 24.1 Å². The van der Waals surface area contributed by atoms with Gasteiger partial charge in [-0.05, 0) is 17.5 Å². The fourth-order valence-corrected chi connectivity index (χ4v) is 2.34. The average Bonchev–Trinajstić information content (AvgIpc) is 2.56. The number of benzene rings is 1. The molecule has 1 aliphatic heterocycles. The van der Waals surface area contributed by atoms with Gasteiger partial charge in [0.25, 0.3) is 0 Å². The van der Waals surface area contributed by atoms with Gasteiger partial charge in [0, 0.05) is 13.0 Å². The highest BCUT2D eigenvalue weighted by Crippen LogP contribution is 2.25. The zero-order valence-corrected chi connectivity index (χ0v) is 10.4. The minimum absolute atomic E-state index is 0.118. The van der Waals surface area contributed by atoms with Crippen LogP contribution in [0.15, 0.2) is 24.3 Å². The first-order valence-electron chi connectivity index (χ1n) is 5.98. The second kappa shape index (κ2) is 5.15. The van der Waals surface area contributed by atoms with Gasteiger partial charge < -0.3 is 10.0 Å². The second-order valence-electron chi connectivity index (χ2n) is 4.57. The minimum atomic E-state index is -5.07. The summed E-state index contributed by atoms with van der Waals surface area (Å²) in [4.78, 5) is 23.0. The van der Waals surface area contributed by atoms with Gasteiger partial charge in [-0.3, -0.25) is 4.79 Å². The SMILES string of the molecule is O=C(O)C1Cc2ccccc2CCN1C(=O)C(F)(F)F. The van der Waals surface area contributed by atoms with E-state index in [0.717, 1.165) is 5.56 Å². The topological polar surface area (TPSA) is 57.6 Å². The molecule has 0 radical (unpaired) electrons. The Morgan fingerprint density at radius 3 is 2.35 bits per heavy atom. The maximum absolute atomic E-state index is 12.5. The predicted molar refractivity (Wildman–Crippen MR) is 63.0 cm³/mol.